The Hall–Kier alpha value is -0.660. The van der Waals surface area contributed by atoms with Gasteiger partial charge in [0.15, 0.2) is 5.75 Å². The summed E-state index contributed by atoms with van der Waals surface area (Å²) in [6.07, 6.45) is 1.51. The van der Waals surface area contributed by atoms with E-state index in [1.807, 2.05) is 14.1 Å². The SMILES string of the molecule is CN(C)C1CCN(S(=O)(=O)CC(=O)O)CC1. The van der Waals surface area contributed by atoms with Crippen molar-refractivity contribution in [3.05, 3.63) is 0 Å². The molecular formula is C9H18N2O4S. The van der Waals surface area contributed by atoms with Gasteiger partial charge < -0.3 is 10.0 Å². The number of carbonyl (C=O) groups is 1. The molecule has 1 aliphatic heterocycles. The summed E-state index contributed by atoms with van der Waals surface area (Å²) in [7, 11) is 0.312. The summed E-state index contributed by atoms with van der Waals surface area (Å²) in [5.41, 5.74) is 0. The van der Waals surface area contributed by atoms with Gasteiger partial charge in [0.2, 0.25) is 10.0 Å². The van der Waals surface area contributed by atoms with E-state index in [1.54, 1.807) is 0 Å². The zero-order valence-corrected chi connectivity index (χ0v) is 10.4. The van der Waals surface area contributed by atoms with Crippen molar-refractivity contribution >= 4 is 16.0 Å². The first-order valence-electron chi connectivity index (χ1n) is 5.19. The number of aliphatic carboxylic acids is 1. The van der Waals surface area contributed by atoms with E-state index in [0.29, 0.717) is 19.1 Å². The highest BCUT2D eigenvalue weighted by Gasteiger charge is 2.30. The highest BCUT2D eigenvalue weighted by molar-refractivity contribution is 7.89. The molecule has 1 N–H and O–H groups in total. The summed E-state index contributed by atoms with van der Waals surface area (Å²) >= 11 is 0. The van der Waals surface area contributed by atoms with E-state index in [9.17, 15) is 13.2 Å². The lowest BCUT2D eigenvalue weighted by Gasteiger charge is -2.34. The molecule has 0 unspecified atom stereocenters. The molecule has 1 heterocycles. The number of carboxylic acid groups (broad SMARTS) is 1. The van der Waals surface area contributed by atoms with Gasteiger partial charge in [0.25, 0.3) is 0 Å². The summed E-state index contributed by atoms with van der Waals surface area (Å²) in [5, 5.41) is 8.51. The van der Waals surface area contributed by atoms with Crippen LogP contribution in [0.1, 0.15) is 12.8 Å². The molecule has 0 amide bonds. The van der Waals surface area contributed by atoms with Crippen molar-refractivity contribution in [2.45, 2.75) is 18.9 Å². The Morgan fingerprint density at radius 1 is 1.38 bits per heavy atom. The molecule has 0 aliphatic carbocycles. The minimum absolute atomic E-state index is 0.385. The van der Waals surface area contributed by atoms with Crippen LogP contribution in [0, 0.1) is 0 Å². The normalized spacial score (nSPS) is 20.2. The van der Waals surface area contributed by atoms with Crippen LogP contribution >= 0.6 is 0 Å². The molecule has 0 radical (unpaired) electrons. The monoisotopic (exact) mass is 250 g/mol. The molecule has 1 rings (SSSR count). The van der Waals surface area contributed by atoms with Crippen LogP contribution in [0.2, 0.25) is 0 Å². The molecule has 1 fully saturated rings. The van der Waals surface area contributed by atoms with Crippen LogP contribution in [0.25, 0.3) is 0 Å². The van der Waals surface area contributed by atoms with E-state index in [0.717, 1.165) is 12.8 Å². The summed E-state index contributed by atoms with van der Waals surface area (Å²) in [6.45, 7) is 0.830. The summed E-state index contributed by atoms with van der Waals surface area (Å²) in [5.74, 6) is -2.10. The Kier molecular flexibility index (Phi) is 4.28. The lowest BCUT2D eigenvalue weighted by atomic mass is 10.1. The van der Waals surface area contributed by atoms with Crippen LogP contribution in [0.15, 0.2) is 0 Å². The Balaban J connectivity index is 2.56. The Labute approximate surface area is 95.9 Å². The zero-order chi connectivity index (χ0) is 12.3. The number of hydrogen-bond acceptors (Lipinski definition) is 4. The summed E-state index contributed by atoms with van der Waals surface area (Å²) < 4.78 is 24.5. The van der Waals surface area contributed by atoms with Crippen LogP contribution in [0.5, 0.6) is 0 Å². The molecule has 0 bridgehead atoms. The highest BCUT2D eigenvalue weighted by atomic mass is 32.2. The first kappa shape index (κ1) is 13.4. The van der Waals surface area contributed by atoms with Crippen molar-refractivity contribution in [1.29, 1.82) is 0 Å². The quantitative estimate of drug-likeness (QED) is 0.722. The number of rotatable bonds is 4. The fourth-order valence-electron chi connectivity index (χ4n) is 1.88. The molecule has 1 saturated heterocycles. The average Bonchev–Trinajstić information content (AvgIpc) is 2.16. The van der Waals surface area contributed by atoms with E-state index in [2.05, 4.69) is 4.90 Å². The van der Waals surface area contributed by atoms with Gasteiger partial charge in [0, 0.05) is 19.1 Å². The first-order valence-corrected chi connectivity index (χ1v) is 6.80. The maximum atomic E-state index is 11.6. The van der Waals surface area contributed by atoms with Gasteiger partial charge in [-0.2, -0.15) is 0 Å². The lowest BCUT2D eigenvalue weighted by Crippen LogP contribution is -2.45. The molecule has 0 aromatic heterocycles. The van der Waals surface area contributed by atoms with Crippen LogP contribution in [0.3, 0.4) is 0 Å². The third-order valence-electron chi connectivity index (χ3n) is 2.85. The molecular weight excluding hydrogens is 232 g/mol. The van der Waals surface area contributed by atoms with Crippen molar-refractivity contribution in [2.24, 2.45) is 0 Å². The highest BCUT2D eigenvalue weighted by Crippen LogP contribution is 2.17. The number of hydrogen-bond donors (Lipinski definition) is 1. The molecule has 7 heteroatoms. The average molecular weight is 250 g/mol. The first-order chi connectivity index (χ1) is 7.33. The Morgan fingerprint density at radius 2 is 1.88 bits per heavy atom. The molecule has 6 nitrogen and oxygen atoms in total. The molecule has 0 saturated carbocycles. The predicted octanol–water partition coefficient (Wildman–Crippen LogP) is -0.573. The topological polar surface area (TPSA) is 77.9 Å². The van der Waals surface area contributed by atoms with Gasteiger partial charge in [-0.15, -0.1) is 0 Å². The van der Waals surface area contributed by atoms with Gasteiger partial charge >= 0.3 is 5.97 Å². The number of carboxylic acids is 1. The predicted molar refractivity (Wildman–Crippen MR) is 59.7 cm³/mol. The van der Waals surface area contributed by atoms with E-state index < -0.39 is 21.7 Å². The minimum atomic E-state index is -3.62. The number of sulfonamides is 1. The van der Waals surface area contributed by atoms with E-state index in [4.69, 9.17) is 5.11 Å². The van der Waals surface area contributed by atoms with Gasteiger partial charge in [-0.3, -0.25) is 4.79 Å². The van der Waals surface area contributed by atoms with Crippen LogP contribution in [-0.2, 0) is 14.8 Å². The van der Waals surface area contributed by atoms with Crippen molar-refractivity contribution in [2.75, 3.05) is 32.9 Å². The third-order valence-corrected chi connectivity index (χ3v) is 4.62. The molecule has 94 valence electrons. The maximum Gasteiger partial charge on any atom is 0.320 e. The molecule has 0 aromatic rings. The van der Waals surface area contributed by atoms with E-state index >= 15 is 0 Å². The largest absolute Gasteiger partial charge is 0.480 e. The van der Waals surface area contributed by atoms with Crippen molar-refractivity contribution < 1.29 is 18.3 Å². The van der Waals surface area contributed by atoms with Crippen molar-refractivity contribution in [3.63, 3.8) is 0 Å². The third kappa shape index (κ3) is 3.43. The van der Waals surface area contributed by atoms with Gasteiger partial charge in [-0.1, -0.05) is 0 Å². The maximum absolute atomic E-state index is 11.6. The van der Waals surface area contributed by atoms with Gasteiger partial charge in [-0.05, 0) is 26.9 Å². The summed E-state index contributed by atoms with van der Waals surface area (Å²) in [6, 6.07) is 0.385. The second-order valence-corrected chi connectivity index (χ2v) is 6.21. The number of piperidine rings is 1. The van der Waals surface area contributed by atoms with Crippen molar-refractivity contribution in [1.82, 2.24) is 9.21 Å². The van der Waals surface area contributed by atoms with Crippen LogP contribution in [-0.4, -0.2) is 67.7 Å². The lowest BCUT2D eigenvalue weighted by molar-refractivity contribution is -0.134. The van der Waals surface area contributed by atoms with Gasteiger partial charge in [0.1, 0.15) is 0 Å². The second-order valence-electron chi connectivity index (χ2n) is 4.24. The minimum Gasteiger partial charge on any atom is -0.480 e. The summed E-state index contributed by atoms with van der Waals surface area (Å²) in [4.78, 5) is 12.5. The number of nitrogens with zero attached hydrogens (tertiary/aromatic N) is 2. The molecule has 0 spiro atoms. The van der Waals surface area contributed by atoms with E-state index in [1.165, 1.54) is 4.31 Å². The molecule has 0 atom stereocenters. The van der Waals surface area contributed by atoms with Crippen LogP contribution < -0.4 is 0 Å². The van der Waals surface area contributed by atoms with Gasteiger partial charge in [-0.25, -0.2) is 12.7 Å². The van der Waals surface area contributed by atoms with E-state index in [-0.39, 0.29) is 0 Å². The fraction of sp³-hybridized carbons (Fsp3) is 0.889. The van der Waals surface area contributed by atoms with Gasteiger partial charge in [0.05, 0.1) is 0 Å². The molecule has 1 aliphatic rings. The molecule has 16 heavy (non-hydrogen) atoms. The molecule has 0 aromatic carbocycles. The van der Waals surface area contributed by atoms with Crippen molar-refractivity contribution in [3.8, 4) is 0 Å². The Morgan fingerprint density at radius 3 is 2.25 bits per heavy atom. The fourth-order valence-corrected chi connectivity index (χ4v) is 3.15. The second kappa shape index (κ2) is 5.11. The zero-order valence-electron chi connectivity index (χ0n) is 9.59. The smallest absolute Gasteiger partial charge is 0.320 e. The standard InChI is InChI=1S/C9H18N2O4S/c1-10(2)8-3-5-11(6-4-8)16(14,15)7-9(12)13/h8H,3-7H2,1-2H3,(H,12,13). The Bertz CT molecular complexity index is 345. The van der Waals surface area contributed by atoms with Crippen LogP contribution in [0.4, 0.5) is 0 Å².